The Morgan fingerprint density at radius 1 is 0.353 bits per heavy atom. The Morgan fingerprint density at radius 2 is 0.800 bits per heavy atom. The highest BCUT2D eigenvalue weighted by Gasteiger charge is 2.48. The van der Waals surface area contributed by atoms with E-state index in [0.717, 1.165) is 64.0 Å². The van der Waals surface area contributed by atoms with Gasteiger partial charge in [-0.1, -0.05) is 193 Å². The highest BCUT2D eigenvalue weighted by atomic mass is 16.3. The van der Waals surface area contributed by atoms with Gasteiger partial charge in [-0.15, -0.1) is 0 Å². The molecule has 1 aromatic heterocycles. The van der Waals surface area contributed by atoms with Crippen LogP contribution in [0, 0.1) is 0 Å². The van der Waals surface area contributed by atoms with Gasteiger partial charge in [0.1, 0.15) is 11.2 Å². The molecule has 13 rings (SSSR count). The lowest BCUT2D eigenvalue weighted by molar-refractivity contribution is 0.332. The molecule has 0 spiro atoms. The lowest BCUT2D eigenvalue weighted by atomic mass is 9.33. The van der Waals surface area contributed by atoms with Crippen LogP contribution in [0.4, 0.5) is 51.2 Å². The van der Waals surface area contributed by atoms with Crippen molar-refractivity contribution in [2.75, 3.05) is 14.7 Å². The first-order valence-corrected chi connectivity index (χ1v) is 31.9. The van der Waals surface area contributed by atoms with E-state index in [4.69, 9.17) is 4.42 Å². The fourth-order valence-corrected chi connectivity index (χ4v) is 14.9. The summed E-state index contributed by atoms with van der Waals surface area (Å²) in [6, 6.07) is 58.0. The van der Waals surface area contributed by atoms with Crippen molar-refractivity contribution in [2.24, 2.45) is 0 Å². The summed E-state index contributed by atoms with van der Waals surface area (Å²) in [5.74, 6) is 0. The van der Waals surface area contributed by atoms with Gasteiger partial charge in [0.15, 0.2) is 0 Å². The van der Waals surface area contributed by atoms with Gasteiger partial charge in [0.25, 0.3) is 6.71 Å². The molecule has 2 aliphatic heterocycles. The van der Waals surface area contributed by atoms with Gasteiger partial charge in [-0.2, -0.15) is 0 Å². The summed E-state index contributed by atoms with van der Waals surface area (Å²) in [5.41, 5.74) is 27.7. The molecule has 0 saturated heterocycles. The van der Waals surface area contributed by atoms with Crippen LogP contribution in [0.1, 0.15) is 209 Å². The normalized spacial score (nSPS) is 17.5. The van der Waals surface area contributed by atoms with Crippen molar-refractivity contribution in [2.45, 2.75) is 207 Å². The second kappa shape index (κ2) is 18.8. The third-order valence-corrected chi connectivity index (χ3v) is 20.8. The first-order chi connectivity index (χ1) is 39.6. The maximum Gasteiger partial charge on any atom is 0.252 e. The zero-order valence-corrected chi connectivity index (χ0v) is 55.0. The van der Waals surface area contributed by atoms with E-state index < -0.39 is 0 Å². The molecular weight excluding hydrogens is 1030 g/mol. The molecule has 85 heavy (non-hydrogen) atoms. The molecular formula is C80H92BN3O. The predicted molar refractivity (Wildman–Crippen MR) is 368 cm³/mol. The minimum atomic E-state index is -0.185. The van der Waals surface area contributed by atoms with Crippen molar-refractivity contribution in [1.82, 2.24) is 0 Å². The Kier molecular flexibility index (Phi) is 12.6. The fraction of sp³-hybridized carbons (Fsp3) is 0.400. The summed E-state index contributed by atoms with van der Waals surface area (Å²) in [6.07, 6.45) is 4.63. The lowest BCUT2D eigenvalue weighted by Gasteiger charge is -2.48. The molecule has 3 heterocycles. The molecule has 4 nitrogen and oxygen atoms in total. The van der Waals surface area contributed by atoms with E-state index in [2.05, 4.69) is 299 Å². The first kappa shape index (κ1) is 57.1. The Bertz CT molecular complexity index is 4120. The minimum absolute atomic E-state index is 0.000726. The van der Waals surface area contributed by atoms with E-state index in [0.29, 0.717) is 0 Å². The van der Waals surface area contributed by atoms with Gasteiger partial charge < -0.3 is 19.1 Å². The zero-order chi connectivity index (χ0) is 60.7. The fourth-order valence-electron chi connectivity index (χ4n) is 14.9. The van der Waals surface area contributed by atoms with Gasteiger partial charge in [-0.05, 0) is 221 Å². The van der Waals surface area contributed by atoms with E-state index >= 15 is 0 Å². The van der Waals surface area contributed by atoms with Crippen molar-refractivity contribution in [3.8, 4) is 0 Å². The van der Waals surface area contributed by atoms with Gasteiger partial charge in [0.05, 0.1) is 0 Å². The summed E-state index contributed by atoms with van der Waals surface area (Å²) in [6.45, 7) is 47.6. The molecule has 0 fully saturated rings. The third-order valence-electron chi connectivity index (χ3n) is 20.8. The molecule has 2 aliphatic carbocycles. The van der Waals surface area contributed by atoms with E-state index in [1.165, 1.54) is 95.8 Å². The number of rotatable bonds is 5. The van der Waals surface area contributed by atoms with Gasteiger partial charge in [0.2, 0.25) is 0 Å². The van der Waals surface area contributed by atoms with Crippen LogP contribution in [0.5, 0.6) is 0 Å². The van der Waals surface area contributed by atoms with Gasteiger partial charge in [-0.3, -0.25) is 0 Å². The van der Waals surface area contributed by atoms with Crippen LogP contribution in [0.3, 0.4) is 0 Å². The average molecular weight is 1120 g/mol. The van der Waals surface area contributed by atoms with Gasteiger partial charge in [-0.25, -0.2) is 0 Å². The number of fused-ring (bicyclic) bond motifs is 9. The molecule has 0 atom stereocenters. The highest BCUT2D eigenvalue weighted by molar-refractivity contribution is 7.00. The molecule has 436 valence electrons. The van der Waals surface area contributed by atoms with E-state index in [-0.39, 0.29) is 50.0 Å². The standard InChI is InChI=1S/C80H92BN3O/c1-73(2,3)49-21-26-53(27-22-49)82(54-28-23-50(24-29-54)74(4,5)6)57-31-35-64-66(46-57)83(55-32-36-70-59(44-55)58-33-25-51(75(7,8)9)43-71(58)85-70)68-41-52(76(10,11)12)42-69-72(68)81(64)65-47-62-63(80(19,20)40-39-79(62,17)18)48-67(65)84(69)56-30-34-60-61(45-56)78(15,16)38-37-77(60,13)14/h21-36,41-48H,37-40H2,1-20H3. The van der Waals surface area contributed by atoms with E-state index in [1.54, 1.807) is 0 Å². The predicted octanol–water partition coefficient (Wildman–Crippen LogP) is 21.0. The summed E-state index contributed by atoms with van der Waals surface area (Å²) in [5, 5.41) is 2.26. The first-order valence-electron chi connectivity index (χ1n) is 31.9. The van der Waals surface area contributed by atoms with Crippen molar-refractivity contribution >= 4 is 96.2 Å². The molecule has 4 aliphatic rings. The van der Waals surface area contributed by atoms with E-state index in [9.17, 15) is 0 Å². The highest BCUT2D eigenvalue weighted by Crippen LogP contribution is 2.54. The number of benzene rings is 8. The largest absolute Gasteiger partial charge is 0.456 e. The SMILES string of the molecule is CC(C)(C)c1ccc(N(c2ccc(C(C)(C)C)cc2)c2ccc3c(c2)N(c2ccc4oc5cc(C(C)(C)C)ccc5c4c2)c2cc(C(C)(C)C)cc4c2B3c2cc3c(cc2N4c2ccc4c(c2)C(C)(C)CCC4(C)C)C(C)(C)CCC3(C)C)cc1. The maximum absolute atomic E-state index is 6.82. The molecule has 0 amide bonds. The molecule has 0 bridgehead atoms. The monoisotopic (exact) mass is 1120 g/mol. The molecule has 9 aromatic rings. The molecule has 0 unspecified atom stereocenters. The van der Waals surface area contributed by atoms with Gasteiger partial charge >= 0.3 is 0 Å². The smallest absolute Gasteiger partial charge is 0.252 e. The summed E-state index contributed by atoms with van der Waals surface area (Å²) < 4.78 is 6.82. The van der Waals surface area contributed by atoms with Gasteiger partial charge in [0, 0.05) is 62.0 Å². The van der Waals surface area contributed by atoms with Crippen molar-refractivity contribution in [1.29, 1.82) is 0 Å². The quantitative estimate of drug-likeness (QED) is 0.160. The number of hydrogen-bond acceptors (Lipinski definition) is 4. The second-order valence-corrected chi connectivity index (χ2v) is 32.9. The topological polar surface area (TPSA) is 22.9 Å². The Hall–Kier alpha value is -6.98. The summed E-state index contributed by atoms with van der Waals surface area (Å²) in [7, 11) is 0. The minimum Gasteiger partial charge on any atom is -0.456 e. The molecule has 0 saturated carbocycles. The molecule has 5 heteroatoms. The number of nitrogens with zero attached hydrogens (tertiary/aromatic N) is 3. The van der Waals surface area contributed by atoms with E-state index in [1.807, 2.05) is 0 Å². The Morgan fingerprint density at radius 3 is 1.33 bits per heavy atom. The van der Waals surface area contributed by atoms with Crippen LogP contribution in [-0.4, -0.2) is 6.71 Å². The van der Waals surface area contributed by atoms with Crippen LogP contribution in [0.2, 0.25) is 0 Å². The van der Waals surface area contributed by atoms with Crippen LogP contribution in [-0.2, 0) is 43.3 Å². The van der Waals surface area contributed by atoms with Crippen LogP contribution < -0.4 is 31.1 Å². The molecule has 0 N–H and O–H groups in total. The van der Waals surface area contributed by atoms with Crippen molar-refractivity contribution in [3.05, 3.63) is 190 Å². The second-order valence-electron chi connectivity index (χ2n) is 32.9. The summed E-state index contributed by atoms with van der Waals surface area (Å²) >= 11 is 0. The lowest BCUT2D eigenvalue weighted by Crippen LogP contribution is -2.62. The summed E-state index contributed by atoms with van der Waals surface area (Å²) in [4.78, 5) is 7.85. The third kappa shape index (κ3) is 9.38. The van der Waals surface area contributed by atoms with Crippen LogP contribution >= 0.6 is 0 Å². The van der Waals surface area contributed by atoms with Crippen molar-refractivity contribution < 1.29 is 4.42 Å². The van der Waals surface area contributed by atoms with Crippen molar-refractivity contribution in [3.63, 3.8) is 0 Å². The Labute approximate surface area is 510 Å². The number of hydrogen-bond donors (Lipinski definition) is 0. The van der Waals surface area contributed by atoms with Crippen LogP contribution in [0.15, 0.2) is 150 Å². The Balaban J connectivity index is 1.14. The van der Waals surface area contributed by atoms with Crippen LogP contribution in [0.25, 0.3) is 21.9 Å². The number of furan rings is 1. The zero-order valence-electron chi connectivity index (χ0n) is 55.0. The maximum atomic E-state index is 6.82. The number of anilines is 9. The average Bonchev–Trinajstić information content (AvgIpc) is 0.995. The molecule has 8 aromatic carbocycles. The molecule has 0 radical (unpaired) electrons.